The summed E-state index contributed by atoms with van der Waals surface area (Å²) in [6.07, 6.45) is 4.12. The Balaban J connectivity index is 2.28. The largest absolute Gasteiger partial charge is 0.501 e. The van der Waals surface area contributed by atoms with Gasteiger partial charge in [0.05, 0.1) is 18.9 Å². The number of ether oxygens (including phenoxy) is 1. The molecule has 1 N–H and O–H groups in total. The maximum absolute atomic E-state index is 5.41. The summed E-state index contributed by atoms with van der Waals surface area (Å²) in [6.45, 7) is 0.843. The van der Waals surface area contributed by atoms with Gasteiger partial charge in [0.1, 0.15) is 0 Å². The second-order valence-corrected chi connectivity index (χ2v) is 4.76. The van der Waals surface area contributed by atoms with Crippen molar-refractivity contribution in [2.45, 2.75) is 18.9 Å². The van der Waals surface area contributed by atoms with Crippen molar-refractivity contribution in [3.63, 3.8) is 0 Å². The number of rotatable bonds is 3. The number of benzene rings is 1. The molecule has 1 aliphatic heterocycles. The average Bonchev–Trinajstić information content (AvgIpc) is 2.34. The molecule has 0 aromatic heterocycles. The maximum atomic E-state index is 5.41. The molecule has 2 nitrogen and oxygen atoms in total. The van der Waals surface area contributed by atoms with Crippen LogP contribution < -0.4 is 5.32 Å². The van der Waals surface area contributed by atoms with Crippen LogP contribution in [-0.4, -0.2) is 13.7 Å². The lowest BCUT2D eigenvalue weighted by Gasteiger charge is -2.24. The molecule has 16 heavy (non-hydrogen) atoms. The molecule has 0 radical (unpaired) electrons. The lowest BCUT2D eigenvalue weighted by molar-refractivity contribution is 0.220. The summed E-state index contributed by atoms with van der Waals surface area (Å²) in [5, 5.41) is 3.35. The summed E-state index contributed by atoms with van der Waals surface area (Å²) in [6, 6.07) is 8.56. The molecule has 86 valence electrons. The Morgan fingerprint density at radius 3 is 2.81 bits per heavy atom. The van der Waals surface area contributed by atoms with Gasteiger partial charge in [-0.2, -0.15) is 0 Å². The summed E-state index contributed by atoms with van der Waals surface area (Å²) in [5.41, 5.74) is 2.59. The third kappa shape index (κ3) is 2.47. The van der Waals surface area contributed by atoms with E-state index in [2.05, 4.69) is 39.4 Å². The Morgan fingerprint density at radius 2 is 2.19 bits per heavy atom. The Morgan fingerprint density at radius 1 is 1.38 bits per heavy atom. The minimum Gasteiger partial charge on any atom is -0.501 e. The van der Waals surface area contributed by atoms with Crippen molar-refractivity contribution in [2.75, 3.05) is 13.7 Å². The van der Waals surface area contributed by atoms with Crippen molar-refractivity contribution < 1.29 is 4.74 Å². The van der Waals surface area contributed by atoms with E-state index in [1.54, 1.807) is 0 Å². The number of halogens is 1. The Hall–Kier alpha value is -0.800. The first kappa shape index (κ1) is 11.7. The van der Waals surface area contributed by atoms with E-state index in [1.165, 1.54) is 11.1 Å². The van der Waals surface area contributed by atoms with Gasteiger partial charge in [-0.05, 0) is 37.1 Å². The summed E-state index contributed by atoms with van der Waals surface area (Å²) in [5.74, 6) is 0. The highest BCUT2D eigenvalue weighted by molar-refractivity contribution is 9.10. The lowest BCUT2D eigenvalue weighted by atomic mass is 9.95. The molecule has 0 saturated carbocycles. The minimum absolute atomic E-state index is 0.246. The molecule has 0 amide bonds. The monoisotopic (exact) mass is 281 g/mol. The highest BCUT2D eigenvalue weighted by Gasteiger charge is 2.18. The summed E-state index contributed by atoms with van der Waals surface area (Å²) < 4.78 is 6.55. The molecule has 0 fully saturated rings. The first-order valence-electron chi connectivity index (χ1n) is 5.55. The lowest BCUT2D eigenvalue weighted by Crippen LogP contribution is -2.21. The third-order valence-electron chi connectivity index (χ3n) is 2.84. The van der Waals surface area contributed by atoms with Gasteiger partial charge in [-0.15, -0.1) is 0 Å². The van der Waals surface area contributed by atoms with E-state index in [4.69, 9.17) is 4.74 Å². The van der Waals surface area contributed by atoms with Gasteiger partial charge in [-0.25, -0.2) is 0 Å². The Kier molecular flexibility index (Phi) is 4.02. The van der Waals surface area contributed by atoms with E-state index in [-0.39, 0.29) is 6.04 Å². The van der Waals surface area contributed by atoms with Crippen molar-refractivity contribution in [1.29, 1.82) is 0 Å². The molecule has 0 saturated heterocycles. The standard InChI is InChI=1S/C13H16BrNO/c1-15-13(10-5-4-8-16-9-10)11-6-2-3-7-12(11)14/h2-3,6-7,9,13,15H,4-5,8H2,1H3. The van der Waals surface area contributed by atoms with Crippen LogP contribution in [0, 0.1) is 0 Å². The maximum Gasteiger partial charge on any atom is 0.0876 e. The van der Waals surface area contributed by atoms with Crippen LogP contribution in [0.15, 0.2) is 40.6 Å². The van der Waals surface area contributed by atoms with Crippen LogP contribution in [0.4, 0.5) is 0 Å². The highest BCUT2D eigenvalue weighted by atomic mass is 79.9. The van der Waals surface area contributed by atoms with Gasteiger partial charge >= 0.3 is 0 Å². The molecule has 1 atom stereocenters. The second kappa shape index (κ2) is 5.51. The number of hydrogen-bond acceptors (Lipinski definition) is 2. The van der Waals surface area contributed by atoms with Crippen LogP contribution in [0.5, 0.6) is 0 Å². The first-order chi connectivity index (χ1) is 7.83. The van der Waals surface area contributed by atoms with Gasteiger partial charge in [0.15, 0.2) is 0 Å². The first-order valence-corrected chi connectivity index (χ1v) is 6.34. The van der Waals surface area contributed by atoms with Crippen molar-refractivity contribution in [2.24, 2.45) is 0 Å². The van der Waals surface area contributed by atoms with Crippen molar-refractivity contribution in [3.8, 4) is 0 Å². The molecule has 0 aliphatic carbocycles. The smallest absolute Gasteiger partial charge is 0.0876 e. The fourth-order valence-corrected chi connectivity index (χ4v) is 2.56. The van der Waals surface area contributed by atoms with E-state index in [0.717, 1.165) is 23.9 Å². The molecule has 3 heteroatoms. The molecule has 0 spiro atoms. The zero-order valence-corrected chi connectivity index (χ0v) is 11.0. The van der Waals surface area contributed by atoms with Crippen LogP contribution in [0.3, 0.4) is 0 Å². The Bertz CT molecular complexity index is 389. The van der Waals surface area contributed by atoms with Gasteiger partial charge in [0, 0.05) is 4.47 Å². The summed E-state index contributed by atoms with van der Waals surface area (Å²) in [7, 11) is 1.99. The zero-order valence-electron chi connectivity index (χ0n) is 9.37. The Labute approximate surface area is 105 Å². The highest BCUT2D eigenvalue weighted by Crippen LogP contribution is 2.31. The molecular formula is C13H16BrNO. The van der Waals surface area contributed by atoms with Gasteiger partial charge in [-0.1, -0.05) is 34.1 Å². The quantitative estimate of drug-likeness (QED) is 0.917. The van der Waals surface area contributed by atoms with Crippen LogP contribution in [-0.2, 0) is 4.74 Å². The van der Waals surface area contributed by atoms with Crippen molar-refractivity contribution in [1.82, 2.24) is 5.32 Å². The minimum atomic E-state index is 0.246. The van der Waals surface area contributed by atoms with E-state index in [9.17, 15) is 0 Å². The molecule has 1 aromatic carbocycles. The van der Waals surface area contributed by atoms with Crippen LogP contribution in [0.25, 0.3) is 0 Å². The topological polar surface area (TPSA) is 21.3 Å². The fourth-order valence-electron chi connectivity index (χ4n) is 2.05. The van der Waals surface area contributed by atoms with Gasteiger partial charge < -0.3 is 10.1 Å². The summed E-state index contributed by atoms with van der Waals surface area (Å²) in [4.78, 5) is 0. The SMILES string of the molecule is CNC(C1=COCCC1)c1ccccc1Br. The van der Waals surface area contributed by atoms with E-state index in [0.29, 0.717) is 0 Å². The van der Waals surface area contributed by atoms with Gasteiger partial charge in [0.2, 0.25) is 0 Å². The summed E-state index contributed by atoms with van der Waals surface area (Å²) >= 11 is 3.60. The third-order valence-corrected chi connectivity index (χ3v) is 3.56. The molecule has 1 aromatic rings. The molecule has 0 bridgehead atoms. The molecule has 1 aliphatic rings. The molecule has 1 unspecified atom stereocenters. The number of nitrogens with one attached hydrogen (secondary N) is 1. The average molecular weight is 282 g/mol. The van der Waals surface area contributed by atoms with Gasteiger partial charge in [0.25, 0.3) is 0 Å². The number of likely N-dealkylation sites (N-methyl/N-ethyl adjacent to an activating group) is 1. The van der Waals surface area contributed by atoms with Crippen LogP contribution >= 0.6 is 15.9 Å². The van der Waals surface area contributed by atoms with Crippen LogP contribution in [0.1, 0.15) is 24.4 Å². The van der Waals surface area contributed by atoms with E-state index in [1.807, 2.05) is 19.4 Å². The second-order valence-electron chi connectivity index (χ2n) is 3.91. The number of hydrogen-bond donors (Lipinski definition) is 1. The zero-order chi connectivity index (χ0) is 11.4. The van der Waals surface area contributed by atoms with Crippen molar-refractivity contribution >= 4 is 15.9 Å². The molecular weight excluding hydrogens is 266 g/mol. The fraction of sp³-hybridized carbons (Fsp3) is 0.385. The van der Waals surface area contributed by atoms with E-state index >= 15 is 0 Å². The predicted molar refractivity (Wildman–Crippen MR) is 69.2 cm³/mol. The van der Waals surface area contributed by atoms with Crippen LogP contribution in [0.2, 0.25) is 0 Å². The predicted octanol–water partition coefficient (Wildman–Crippen LogP) is 3.40. The van der Waals surface area contributed by atoms with Gasteiger partial charge in [-0.3, -0.25) is 0 Å². The van der Waals surface area contributed by atoms with E-state index < -0.39 is 0 Å². The molecule has 2 rings (SSSR count). The normalized spacial score (nSPS) is 17.5. The molecule has 1 heterocycles. The van der Waals surface area contributed by atoms with Crippen molar-refractivity contribution in [3.05, 3.63) is 46.1 Å².